The topological polar surface area (TPSA) is 9.86 Å². The van der Waals surface area contributed by atoms with Gasteiger partial charge in [0.25, 0.3) is 0 Å². The average Bonchev–Trinajstić information content (AvgIpc) is 4.05. The molecule has 69 heavy (non-hydrogen) atoms. The summed E-state index contributed by atoms with van der Waals surface area (Å²) in [4.78, 5) is 0. The molecule has 2 nitrogen and oxygen atoms in total. The molecule has 0 amide bonds. The fourth-order valence-electron chi connectivity index (χ4n) is 11.9. The van der Waals surface area contributed by atoms with Crippen LogP contribution < -0.4 is 0 Å². The van der Waals surface area contributed by atoms with E-state index in [0.29, 0.717) is 0 Å². The van der Waals surface area contributed by atoms with Gasteiger partial charge in [-0.05, 0) is 116 Å². The molecule has 2 heteroatoms. The molecule has 0 N–H and O–H groups in total. The maximum absolute atomic E-state index is 2.47. The van der Waals surface area contributed by atoms with Crippen LogP contribution in [0.5, 0.6) is 0 Å². The van der Waals surface area contributed by atoms with Gasteiger partial charge in [0.15, 0.2) is 0 Å². The third-order valence-corrected chi connectivity index (χ3v) is 14.8. The van der Waals surface area contributed by atoms with E-state index in [0.717, 1.165) is 11.4 Å². The van der Waals surface area contributed by atoms with Gasteiger partial charge in [0.2, 0.25) is 0 Å². The van der Waals surface area contributed by atoms with Gasteiger partial charge in [0.1, 0.15) is 0 Å². The number of hydrogen-bond acceptors (Lipinski definition) is 0. The fraction of sp³-hybridized carbons (Fsp3) is 0.0149. The lowest BCUT2D eigenvalue weighted by atomic mass is 9.68. The Morgan fingerprint density at radius 1 is 0.261 bits per heavy atom. The smallest absolute Gasteiger partial charge is 0.0713 e. The van der Waals surface area contributed by atoms with E-state index < -0.39 is 5.41 Å². The third kappa shape index (κ3) is 5.86. The molecule has 0 spiro atoms. The van der Waals surface area contributed by atoms with Crippen LogP contribution in [0.3, 0.4) is 0 Å². The maximum Gasteiger partial charge on any atom is 0.0713 e. The molecule has 1 aliphatic carbocycles. The van der Waals surface area contributed by atoms with Crippen molar-refractivity contribution in [2.24, 2.45) is 0 Å². The third-order valence-electron chi connectivity index (χ3n) is 14.8. The van der Waals surface area contributed by atoms with E-state index in [4.69, 9.17) is 0 Å². The Kier molecular flexibility index (Phi) is 8.84. The predicted molar refractivity (Wildman–Crippen MR) is 289 cm³/mol. The highest BCUT2D eigenvalue weighted by Crippen LogP contribution is 2.56. The summed E-state index contributed by atoms with van der Waals surface area (Å²) in [6, 6.07) is 98.5. The molecule has 2 aromatic heterocycles. The lowest BCUT2D eigenvalue weighted by Crippen LogP contribution is -2.28. The van der Waals surface area contributed by atoms with E-state index in [1.165, 1.54) is 110 Å². The van der Waals surface area contributed by atoms with Gasteiger partial charge >= 0.3 is 0 Å². The zero-order valence-corrected chi connectivity index (χ0v) is 37.8. The highest BCUT2D eigenvalue weighted by molar-refractivity contribution is 6.17. The molecule has 13 aromatic rings. The van der Waals surface area contributed by atoms with Gasteiger partial charge < -0.3 is 9.13 Å². The fourth-order valence-corrected chi connectivity index (χ4v) is 11.9. The Hall–Kier alpha value is -8.98. The first-order valence-corrected chi connectivity index (χ1v) is 23.9. The van der Waals surface area contributed by atoms with Crippen LogP contribution in [0.15, 0.2) is 267 Å². The first-order valence-electron chi connectivity index (χ1n) is 23.9. The summed E-state index contributed by atoms with van der Waals surface area (Å²) in [6.07, 6.45) is 0. The Bertz CT molecular complexity index is 4060. The zero-order valence-electron chi connectivity index (χ0n) is 37.8. The molecule has 2 heterocycles. The highest BCUT2D eigenvalue weighted by Gasteiger charge is 2.45. The van der Waals surface area contributed by atoms with E-state index in [1.54, 1.807) is 0 Å². The molecular formula is C67H44N2. The number of aromatic nitrogens is 2. The minimum Gasteiger partial charge on any atom is -0.309 e. The van der Waals surface area contributed by atoms with Crippen LogP contribution in [-0.2, 0) is 5.41 Å². The summed E-state index contributed by atoms with van der Waals surface area (Å²) in [5.41, 5.74) is 21.6. The van der Waals surface area contributed by atoms with Crippen LogP contribution in [0, 0.1) is 0 Å². The summed E-state index contributed by atoms with van der Waals surface area (Å²) < 4.78 is 4.91. The molecule has 0 saturated carbocycles. The van der Waals surface area contributed by atoms with Crippen molar-refractivity contribution in [1.82, 2.24) is 9.13 Å². The second-order valence-electron chi connectivity index (χ2n) is 18.4. The highest BCUT2D eigenvalue weighted by atomic mass is 15.0. The van der Waals surface area contributed by atoms with E-state index in [9.17, 15) is 0 Å². The summed E-state index contributed by atoms with van der Waals surface area (Å²) in [6.45, 7) is 0. The van der Waals surface area contributed by atoms with Gasteiger partial charge in [0, 0.05) is 32.8 Å². The monoisotopic (exact) mass is 876 g/mol. The standard InChI is InChI=1S/C67H44N2/c1-4-19-45(20-5-1)52-25-12-16-32-61(52)69-64-42-36-48(44-58(64)66-53(29-18-34-65(66)69)46-21-6-2-7-22-46)47-35-41-63-57(43-47)56-28-13-17-33-62(56)68(63)51-39-37-50(38-40-51)67(49-23-8-3-9-24-49)59-30-14-10-26-54(59)55-27-11-15-31-60(55)67/h1-44H. The van der Waals surface area contributed by atoms with Crippen LogP contribution >= 0.6 is 0 Å². The molecule has 14 rings (SSSR count). The van der Waals surface area contributed by atoms with Gasteiger partial charge in [-0.1, -0.05) is 212 Å². The van der Waals surface area contributed by atoms with Gasteiger partial charge in [0.05, 0.1) is 33.2 Å². The maximum atomic E-state index is 2.47. The Morgan fingerprint density at radius 2 is 0.739 bits per heavy atom. The molecule has 0 bridgehead atoms. The van der Waals surface area contributed by atoms with Crippen LogP contribution in [0.25, 0.3) is 99.5 Å². The number of para-hydroxylation sites is 2. The zero-order chi connectivity index (χ0) is 45.5. The van der Waals surface area contributed by atoms with Gasteiger partial charge in [-0.25, -0.2) is 0 Å². The molecular weight excluding hydrogens is 833 g/mol. The first-order chi connectivity index (χ1) is 34.3. The molecule has 0 unspecified atom stereocenters. The SMILES string of the molecule is c1ccc(-c2ccccc2-n2c3ccc(-c4ccc5c(c4)c4ccccc4n5-c4ccc(C5(c6ccccc6)c6ccccc6-c6ccccc65)cc4)cc3c3c(-c4ccccc4)cccc32)cc1. The Morgan fingerprint density at radius 3 is 1.42 bits per heavy atom. The van der Waals surface area contributed by atoms with Crippen LogP contribution in [0.2, 0.25) is 0 Å². The molecule has 0 fully saturated rings. The van der Waals surface area contributed by atoms with Crippen molar-refractivity contribution in [1.29, 1.82) is 0 Å². The van der Waals surface area contributed by atoms with Gasteiger partial charge in [-0.2, -0.15) is 0 Å². The number of fused-ring (bicyclic) bond motifs is 9. The lowest BCUT2D eigenvalue weighted by Gasteiger charge is -2.34. The van der Waals surface area contributed by atoms with Crippen molar-refractivity contribution in [3.8, 4) is 55.9 Å². The van der Waals surface area contributed by atoms with E-state index >= 15 is 0 Å². The van der Waals surface area contributed by atoms with Crippen LogP contribution in [0.1, 0.15) is 22.3 Å². The second-order valence-corrected chi connectivity index (χ2v) is 18.4. The van der Waals surface area contributed by atoms with E-state index in [1.807, 2.05) is 0 Å². The van der Waals surface area contributed by atoms with Crippen molar-refractivity contribution < 1.29 is 0 Å². The average molecular weight is 877 g/mol. The summed E-state index contributed by atoms with van der Waals surface area (Å²) in [5.74, 6) is 0. The quantitative estimate of drug-likeness (QED) is 0.151. The largest absolute Gasteiger partial charge is 0.309 e. The number of hydrogen-bond donors (Lipinski definition) is 0. The summed E-state index contributed by atoms with van der Waals surface area (Å²) in [7, 11) is 0. The number of rotatable bonds is 7. The predicted octanol–water partition coefficient (Wildman–Crippen LogP) is 17.2. The van der Waals surface area contributed by atoms with Crippen molar-refractivity contribution in [2.45, 2.75) is 5.41 Å². The minimum absolute atomic E-state index is 0.441. The molecule has 0 saturated heterocycles. The van der Waals surface area contributed by atoms with Crippen molar-refractivity contribution in [2.75, 3.05) is 0 Å². The lowest BCUT2D eigenvalue weighted by molar-refractivity contribution is 0.768. The summed E-state index contributed by atoms with van der Waals surface area (Å²) in [5, 5.41) is 4.95. The second kappa shape index (κ2) is 15.6. The van der Waals surface area contributed by atoms with E-state index in [-0.39, 0.29) is 0 Å². The van der Waals surface area contributed by atoms with Crippen molar-refractivity contribution >= 4 is 43.6 Å². The normalized spacial score (nSPS) is 12.8. The molecule has 1 aliphatic rings. The molecule has 11 aromatic carbocycles. The van der Waals surface area contributed by atoms with Crippen molar-refractivity contribution in [3.05, 3.63) is 289 Å². The van der Waals surface area contributed by atoms with E-state index in [2.05, 4.69) is 276 Å². The van der Waals surface area contributed by atoms with Gasteiger partial charge in [-0.15, -0.1) is 0 Å². The summed E-state index contributed by atoms with van der Waals surface area (Å²) >= 11 is 0. The number of benzene rings is 11. The minimum atomic E-state index is -0.441. The van der Waals surface area contributed by atoms with Gasteiger partial charge in [-0.3, -0.25) is 0 Å². The van der Waals surface area contributed by atoms with Crippen LogP contribution in [0.4, 0.5) is 0 Å². The first kappa shape index (κ1) is 39.2. The number of nitrogens with zero attached hydrogens (tertiary/aromatic N) is 2. The Balaban J connectivity index is 0.932. The van der Waals surface area contributed by atoms with Crippen molar-refractivity contribution in [3.63, 3.8) is 0 Å². The molecule has 0 radical (unpaired) electrons. The molecule has 0 aliphatic heterocycles. The Labute approximate surface area is 401 Å². The van der Waals surface area contributed by atoms with Crippen LogP contribution in [-0.4, -0.2) is 9.13 Å². The molecule has 0 atom stereocenters. The molecule has 322 valence electrons.